The van der Waals surface area contributed by atoms with Crippen molar-refractivity contribution >= 4 is 11.7 Å². The van der Waals surface area contributed by atoms with Crippen molar-refractivity contribution in [1.29, 1.82) is 0 Å². The van der Waals surface area contributed by atoms with Crippen molar-refractivity contribution in [2.45, 2.75) is 27.2 Å². The average molecular weight is 306 g/mol. The SMILES string of the molecule is CN(C)CCN(C)C(=O)[C@H]1C2C=CC(C2)[C@H]1C(=O)C(C)(C)C. The van der Waals surface area contributed by atoms with Crippen LogP contribution in [0.15, 0.2) is 12.2 Å². The third-order valence-electron chi connectivity index (χ3n) is 5.05. The number of nitrogens with zero attached hydrogens (tertiary/aromatic N) is 2. The van der Waals surface area contributed by atoms with Crippen LogP contribution in [0, 0.1) is 29.1 Å². The van der Waals surface area contributed by atoms with E-state index in [2.05, 4.69) is 17.1 Å². The van der Waals surface area contributed by atoms with Crippen LogP contribution in [0.4, 0.5) is 0 Å². The third kappa shape index (κ3) is 3.27. The van der Waals surface area contributed by atoms with Crippen molar-refractivity contribution in [1.82, 2.24) is 9.80 Å². The molecule has 0 aromatic rings. The van der Waals surface area contributed by atoms with Gasteiger partial charge in [0.1, 0.15) is 5.78 Å². The summed E-state index contributed by atoms with van der Waals surface area (Å²) >= 11 is 0. The molecule has 0 radical (unpaired) electrons. The van der Waals surface area contributed by atoms with Gasteiger partial charge in [-0.2, -0.15) is 0 Å². The van der Waals surface area contributed by atoms with E-state index in [0.29, 0.717) is 6.54 Å². The monoisotopic (exact) mass is 306 g/mol. The summed E-state index contributed by atoms with van der Waals surface area (Å²) in [6, 6.07) is 0. The number of allylic oxidation sites excluding steroid dienone is 2. The third-order valence-corrected chi connectivity index (χ3v) is 5.05. The minimum atomic E-state index is -0.385. The topological polar surface area (TPSA) is 40.6 Å². The molecule has 1 fully saturated rings. The van der Waals surface area contributed by atoms with Crippen LogP contribution < -0.4 is 0 Å². The summed E-state index contributed by atoms with van der Waals surface area (Å²) in [7, 11) is 5.87. The Morgan fingerprint density at radius 2 is 1.55 bits per heavy atom. The van der Waals surface area contributed by atoms with Gasteiger partial charge in [-0.1, -0.05) is 32.9 Å². The molecule has 4 nitrogen and oxygen atoms in total. The summed E-state index contributed by atoms with van der Waals surface area (Å²) < 4.78 is 0. The number of carbonyl (C=O) groups excluding carboxylic acids is 2. The van der Waals surface area contributed by atoms with Crippen LogP contribution in [0.1, 0.15) is 27.2 Å². The average Bonchev–Trinajstić information content (AvgIpc) is 3.02. The summed E-state index contributed by atoms with van der Waals surface area (Å²) in [4.78, 5) is 29.6. The lowest BCUT2D eigenvalue weighted by molar-refractivity contribution is -0.143. The predicted octanol–water partition coefficient (Wildman–Crippen LogP) is 2.06. The molecule has 124 valence electrons. The Morgan fingerprint density at radius 1 is 1.00 bits per heavy atom. The number of Topliss-reactive ketones (excluding diaryl/α,β-unsaturated/α-hetero) is 1. The van der Waals surface area contributed by atoms with Crippen LogP contribution in [0.5, 0.6) is 0 Å². The number of hydrogen-bond acceptors (Lipinski definition) is 3. The Labute approximate surface area is 134 Å². The number of amides is 1. The lowest BCUT2D eigenvalue weighted by atomic mass is 9.72. The first-order chi connectivity index (χ1) is 10.1. The van der Waals surface area contributed by atoms with Crippen LogP contribution in [-0.2, 0) is 9.59 Å². The molecule has 1 saturated carbocycles. The molecule has 0 heterocycles. The molecule has 1 amide bonds. The molecule has 2 bridgehead atoms. The highest BCUT2D eigenvalue weighted by Gasteiger charge is 2.53. The molecule has 0 spiro atoms. The van der Waals surface area contributed by atoms with Gasteiger partial charge in [-0.05, 0) is 32.4 Å². The van der Waals surface area contributed by atoms with Crippen molar-refractivity contribution in [2.24, 2.45) is 29.1 Å². The number of carbonyl (C=O) groups is 2. The smallest absolute Gasteiger partial charge is 0.226 e. The minimum absolute atomic E-state index is 0.135. The van der Waals surface area contributed by atoms with E-state index in [-0.39, 0.29) is 40.8 Å². The number of ketones is 1. The Balaban J connectivity index is 2.15. The summed E-state index contributed by atoms with van der Waals surface area (Å²) in [6.45, 7) is 7.43. The molecule has 2 aliphatic carbocycles. The second-order valence-electron chi connectivity index (χ2n) is 8.18. The molecule has 2 aliphatic rings. The fraction of sp³-hybridized carbons (Fsp3) is 0.778. The van der Waals surface area contributed by atoms with E-state index in [1.165, 1.54) is 0 Å². The number of likely N-dealkylation sites (N-methyl/N-ethyl adjacent to an activating group) is 2. The maximum atomic E-state index is 12.9. The molecular formula is C18H30N2O2. The quantitative estimate of drug-likeness (QED) is 0.730. The van der Waals surface area contributed by atoms with Gasteiger partial charge in [0.25, 0.3) is 0 Å². The fourth-order valence-corrected chi connectivity index (χ4v) is 3.73. The minimum Gasteiger partial charge on any atom is -0.344 e. The van der Waals surface area contributed by atoms with Gasteiger partial charge < -0.3 is 9.80 Å². The van der Waals surface area contributed by atoms with Crippen molar-refractivity contribution < 1.29 is 9.59 Å². The van der Waals surface area contributed by atoms with Crippen LogP contribution in [0.2, 0.25) is 0 Å². The lowest BCUT2D eigenvalue weighted by Gasteiger charge is -2.33. The second-order valence-corrected chi connectivity index (χ2v) is 8.18. The first kappa shape index (κ1) is 17.2. The molecular weight excluding hydrogens is 276 g/mol. The van der Waals surface area contributed by atoms with E-state index in [0.717, 1.165) is 13.0 Å². The first-order valence-corrected chi connectivity index (χ1v) is 8.25. The zero-order chi connectivity index (χ0) is 16.7. The Bertz CT molecular complexity index is 476. The van der Waals surface area contributed by atoms with Crippen LogP contribution in [0.3, 0.4) is 0 Å². The maximum Gasteiger partial charge on any atom is 0.226 e. The van der Waals surface area contributed by atoms with Gasteiger partial charge in [0, 0.05) is 31.5 Å². The van der Waals surface area contributed by atoms with Gasteiger partial charge in [0.2, 0.25) is 5.91 Å². The van der Waals surface area contributed by atoms with Crippen molar-refractivity contribution in [3.63, 3.8) is 0 Å². The zero-order valence-electron chi connectivity index (χ0n) is 14.8. The lowest BCUT2D eigenvalue weighted by Crippen LogP contribution is -2.45. The standard InChI is InChI=1S/C18H30N2O2/c1-18(2,3)16(21)14-12-7-8-13(11-12)15(14)17(22)20(6)10-9-19(4)5/h7-8,12-15H,9-11H2,1-6H3/t12?,13?,14-,15+/m1/s1. The largest absolute Gasteiger partial charge is 0.344 e. The molecule has 0 aromatic heterocycles. The van der Waals surface area contributed by atoms with Crippen molar-refractivity contribution in [3.05, 3.63) is 12.2 Å². The molecule has 0 N–H and O–H groups in total. The summed E-state index contributed by atoms with van der Waals surface area (Å²) in [5, 5.41) is 0. The van der Waals surface area contributed by atoms with Crippen molar-refractivity contribution in [3.8, 4) is 0 Å². The predicted molar refractivity (Wildman–Crippen MR) is 88.4 cm³/mol. The highest BCUT2D eigenvalue weighted by molar-refractivity contribution is 5.93. The normalized spacial score (nSPS) is 30.1. The van der Waals surface area contributed by atoms with E-state index in [1.807, 2.05) is 46.8 Å². The van der Waals surface area contributed by atoms with Gasteiger partial charge in [-0.25, -0.2) is 0 Å². The summed E-state index contributed by atoms with van der Waals surface area (Å²) in [6.07, 6.45) is 5.27. The van der Waals surface area contributed by atoms with E-state index < -0.39 is 0 Å². The van der Waals surface area contributed by atoms with Gasteiger partial charge in [0.15, 0.2) is 0 Å². The number of rotatable bonds is 5. The number of fused-ring (bicyclic) bond motifs is 2. The Kier molecular flexibility index (Phi) is 4.81. The molecule has 2 rings (SSSR count). The van der Waals surface area contributed by atoms with Gasteiger partial charge in [-0.3, -0.25) is 9.59 Å². The molecule has 0 aliphatic heterocycles. The fourth-order valence-electron chi connectivity index (χ4n) is 3.73. The summed E-state index contributed by atoms with van der Waals surface area (Å²) in [5.74, 6) is 0.590. The van der Waals surface area contributed by atoms with Crippen LogP contribution >= 0.6 is 0 Å². The maximum absolute atomic E-state index is 12.9. The second kappa shape index (κ2) is 6.15. The zero-order valence-corrected chi connectivity index (χ0v) is 14.8. The molecule has 4 atom stereocenters. The van der Waals surface area contributed by atoms with E-state index in [9.17, 15) is 9.59 Å². The molecule has 2 unspecified atom stereocenters. The Morgan fingerprint density at radius 3 is 2.05 bits per heavy atom. The van der Waals surface area contributed by atoms with Gasteiger partial charge in [-0.15, -0.1) is 0 Å². The van der Waals surface area contributed by atoms with Gasteiger partial charge in [0.05, 0.1) is 5.92 Å². The van der Waals surface area contributed by atoms with E-state index in [1.54, 1.807) is 0 Å². The van der Waals surface area contributed by atoms with Gasteiger partial charge >= 0.3 is 0 Å². The van der Waals surface area contributed by atoms with Crippen LogP contribution in [-0.4, -0.2) is 55.7 Å². The van der Waals surface area contributed by atoms with Crippen molar-refractivity contribution in [2.75, 3.05) is 34.2 Å². The molecule has 0 saturated heterocycles. The first-order valence-electron chi connectivity index (χ1n) is 8.25. The molecule has 0 aromatic carbocycles. The highest BCUT2D eigenvalue weighted by atomic mass is 16.2. The highest BCUT2D eigenvalue weighted by Crippen LogP contribution is 2.50. The Hall–Kier alpha value is -1.16. The van der Waals surface area contributed by atoms with E-state index in [4.69, 9.17) is 0 Å². The summed E-state index contributed by atoms with van der Waals surface area (Å²) in [5.41, 5.74) is -0.385. The van der Waals surface area contributed by atoms with E-state index >= 15 is 0 Å². The number of hydrogen-bond donors (Lipinski definition) is 0. The molecule has 22 heavy (non-hydrogen) atoms. The van der Waals surface area contributed by atoms with Crippen LogP contribution in [0.25, 0.3) is 0 Å². The molecule has 4 heteroatoms.